The van der Waals surface area contributed by atoms with Crippen LogP contribution < -0.4 is 0 Å². The zero-order chi connectivity index (χ0) is 11.4. The molecule has 0 spiro atoms. The highest BCUT2D eigenvalue weighted by Gasteiger charge is 2.22. The first-order chi connectivity index (χ1) is 7.75. The SMILES string of the molecule is O=C(Cc1ccc(Cl)cc1)C1COCCO1. The lowest BCUT2D eigenvalue weighted by molar-refractivity contribution is -0.144. The predicted octanol–water partition coefficient (Wildman–Crippen LogP) is 1.87. The van der Waals surface area contributed by atoms with Crippen LogP contribution in [0.3, 0.4) is 0 Å². The van der Waals surface area contributed by atoms with Crippen molar-refractivity contribution in [2.45, 2.75) is 12.5 Å². The van der Waals surface area contributed by atoms with Gasteiger partial charge in [-0.05, 0) is 17.7 Å². The molecule has 1 heterocycles. The Labute approximate surface area is 99.3 Å². The Morgan fingerprint density at radius 2 is 2.06 bits per heavy atom. The first-order valence-corrected chi connectivity index (χ1v) is 5.60. The minimum atomic E-state index is -0.413. The molecule has 0 amide bonds. The molecule has 1 aromatic rings. The molecule has 1 saturated heterocycles. The molecule has 1 fully saturated rings. The number of benzene rings is 1. The van der Waals surface area contributed by atoms with Crippen LogP contribution in [-0.2, 0) is 20.7 Å². The van der Waals surface area contributed by atoms with Crippen LogP contribution in [0, 0.1) is 0 Å². The molecule has 2 rings (SSSR count). The highest BCUT2D eigenvalue weighted by molar-refractivity contribution is 6.30. The normalized spacial score (nSPS) is 20.7. The average molecular weight is 241 g/mol. The van der Waals surface area contributed by atoms with Gasteiger partial charge in [0.1, 0.15) is 6.10 Å². The number of carbonyl (C=O) groups excluding carboxylic acids is 1. The van der Waals surface area contributed by atoms with Crippen molar-refractivity contribution in [2.75, 3.05) is 19.8 Å². The second-order valence-electron chi connectivity index (χ2n) is 3.70. The van der Waals surface area contributed by atoms with Gasteiger partial charge in [-0.2, -0.15) is 0 Å². The van der Waals surface area contributed by atoms with Gasteiger partial charge in [0.25, 0.3) is 0 Å². The van der Waals surface area contributed by atoms with Crippen LogP contribution in [0.25, 0.3) is 0 Å². The van der Waals surface area contributed by atoms with Crippen molar-refractivity contribution in [3.63, 3.8) is 0 Å². The lowest BCUT2D eigenvalue weighted by atomic mass is 10.1. The minimum Gasteiger partial charge on any atom is -0.376 e. The van der Waals surface area contributed by atoms with E-state index in [0.717, 1.165) is 5.56 Å². The van der Waals surface area contributed by atoms with Crippen molar-refractivity contribution in [1.82, 2.24) is 0 Å². The molecule has 0 aromatic heterocycles. The predicted molar refractivity (Wildman–Crippen MR) is 60.7 cm³/mol. The van der Waals surface area contributed by atoms with E-state index in [1.807, 2.05) is 12.1 Å². The maximum atomic E-state index is 11.8. The Hall–Kier alpha value is -0.900. The zero-order valence-corrected chi connectivity index (χ0v) is 9.57. The fourth-order valence-corrected chi connectivity index (χ4v) is 1.72. The monoisotopic (exact) mass is 240 g/mol. The largest absolute Gasteiger partial charge is 0.376 e. The summed E-state index contributed by atoms with van der Waals surface area (Å²) in [6.45, 7) is 1.44. The first-order valence-electron chi connectivity index (χ1n) is 5.22. The number of Topliss-reactive ketones (excluding diaryl/α,β-unsaturated/α-hetero) is 1. The van der Waals surface area contributed by atoms with Crippen LogP contribution in [0.5, 0.6) is 0 Å². The van der Waals surface area contributed by atoms with Crippen molar-refractivity contribution in [3.8, 4) is 0 Å². The van der Waals surface area contributed by atoms with Gasteiger partial charge in [0.15, 0.2) is 5.78 Å². The summed E-state index contributed by atoms with van der Waals surface area (Å²) in [5, 5.41) is 0.674. The third-order valence-electron chi connectivity index (χ3n) is 2.47. The molecule has 3 nitrogen and oxygen atoms in total. The molecule has 4 heteroatoms. The molecular formula is C12H13ClO3. The summed E-state index contributed by atoms with van der Waals surface area (Å²) in [6, 6.07) is 7.26. The minimum absolute atomic E-state index is 0.0574. The summed E-state index contributed by atoms with van der Waals surface area (Å²) in [5.74, 6) is 0.0574. The molecule has 16 heavy (non-hydrogen) atoms. The number of halogens is 1. The van der Waals surface area contributed by atoms with E-state index in [9.17, 15) is 4.79 Å². The van der Waals surface area contributed by atoms with Crippen molar-refractivity contribution >= 4 is 17.4 Å². The van der Waals surface area contributed by atoms with Gasteiger partial charge >= 0.3 is 0 Å². The molecular weight excluding hydrogens is 228 g/mol. The van der Waals surface area contributed by atoms with Crippen LogP contribution in [0.1, 0.15) is 5.56 Å². The number of carbonyl (C=O) groups is 1. The Bertz CT molecular complexity index is 355. The topological polar surface area (TPSA) is 35.5 Å². The maximum Gasteiger partial charge on any atom is 0.168 e. The Kier molecular flexibility index (Phi) is 3.93. The fourth-order valence-electron chi connectivity index (χ4n) is 1.59. The van der Waals surface area contributed by atoms with Gasteiger partial charge in [-0.25, -0.2) is 0 Å². The molecule has 1 atom stereocenters. The van der Waals surface area contributed by atoms with Crippen LogP contribution in [0.2, 0.25) is 5.02 Å². The Morgan fingerprint density at radius 1 is 1.31 bits per heavy atom. The summed E-state index contributed by atoms with van der Waals surface area (Å²) in [4.78, 5) is 11.8. The second-order valence-corrected chi connectivity index (χ2v) is 4.14. The molecule has 1 aliphatic heterocycles. The lowest BCUT2D eigenvalue weighted by Gasteiger charge is -2.21. The third kappa shape index (κ3) is 3.04. The van der Waals surface area contributed by atoms with Crippen LogP contribution in [-0.4, -0.2) is 31.7 Å². The zero-order valence-electron chi connectivity index (χ0n) is 8.82. The highest BCUT2D eigenvalue weighted by atomic mass is 35.5. The first kappa shape index (κ1) is 11.6. The molecule has 0 aliphatic carbocycles. The number of ketones is 1. The van der Waals surface area contributed by atoms with Gasteiger partial charge in [0.2, 0.25) is 0 Å². The van der Waals surface area contributed by atoms with E-state index in [1.165, 1.54) is 0 Å². The van der Waals surface area contributed by atoms with E-state index >= 15 is 0 Å². The molecule has 0 N–H and O–H groups in total. The molecule has 0 saturated carbocycles. The van der Waals surface area contributed by atoms with Gasteiger partial charge in [-0.15, -0.1) is 0 Å². The van der Waals surface area contributed by atoms with Gasteiger partial charge in [0.05, 0.1) is 19.8 Å². The third-order valence-corrected chi connectivity index (χ3v) is 2.72. The lowest BCUT2D eigenvalue weighted by Crippen LogP contribution is -2.36. The van der Waals surface area contributed by atoms with Crippen LogP contribution >= 0.6 is 11.6 Å². The summed E-state index contributed by atoms with van der Waals surface area (Å²) in [6.07, 6.45) is -0.0463. The van der Waals surface area contributed by atoms with Crippen molar-refractivity contribution in [2.24, 2.45) is 0 Å². The molecule has 1 aromatic carbocycles. The van der Waals surface area contributed by atoms with E-state index in [4.69, 9.17) is 21.1 Å². The standard InChI is InChI=1S/C12H13ClO3/c13-10-3-1-9(2-4-10)7-11(14)12-8-15-5-6-16-12/h1-4,12H,5-8H2. The molecule has 0 radical (unpaired) electrons. The number of hydrogen-bond donors (Lipinski definition) is 0. The molecule has 1 unspecified atom stereocenters. The molecule has 0 bridgehead atoms. The van der Waals surface area contributed by atoms with Gasteiger partial charge in [-0.3, -0.25) is 4.79 Å². The second kappa shape index (κ2) is 5.43. The van der Waals surface area contributed by atoms with E-state index < -0.39 is 6.10 Å². The van der Waals surface area contributed by atoms with Crippen molar-refractivity contribution in [3.05, 3.63) is 34.9 Å². The Morgan fingerprint density at radius 3 is 2.69 bits per heavy atom. The average Bonchev–Trinajstić information content (AvgIpc) is 2.33. The maximum absolute atomic E-state index is 11.8. The van der Waals surface area contributed by atoms with E-state index in [1.54, 1.807) is 12.1 Å². The summed E-state index contributed by atoms with van der Waals surface area (Å²) < 4.78 is 10.5. The molecule has 86 valence electrons. The Balaban J connectivity index is 1.93. The van der Waals surface area contributed by atoms with Gasteiger partial charge in [-0.1, -0.05) is 23.7 Å². The van der Waals surface area contributed by atoms with Crippen molar-refractivity contribution < 1.29 is 14.3 Å². The number of rotatable bonds is 3. The van der Waals surface area contributed by atoms with Crippen molar-refractivity contribution in [1.29, 1.82) is 0 Å². The van der Waals surface area contributed by atoms with Crippen LogP contribution in [0.4, 0.5) is 0 Å². The van der Waals surface area contributed by atoms with E-state index in [2.05, 4.69) is 0 Å². The highest BCUT2D eigenvalue weighted by Crippen LogP contribution is 2.12. The molecule has 1 aliphatic rings. The van der Waals surface area contributed by atoms with Crippen LogP contribution in [0.15, 0.2) is 24.3 Å². The number of hydrogen-bond acceptors (Lipinski definition) is 3. The van der Waals surface area contributed by atoms with E-state index in [-0.39, 0.29) is 5.78 Å². The van der Waals surface area contributed by atoms with Gasteiger partial charge in [0, 0.05) is 11.4 Å². The summed E-state index contributed by atoms with van der Waals surface area (Å²) >= 11 is 5.77. The fraction of sp³-hybridized carbons (Fsp3) is 0.417. The van der Waals surface area contributed by atoms with Gasteiger partial charge < -0.3 is 9.47 Å². The smallest absolute Gasteiger partial charge is 0.168 e. The van der Waals surface area contributed by atoms with E-state index in [0.29, 0.717) is 31.3 Å². The summed E-state index contributed by atoms with van der Waals surface area (Å²) in [7, 11) is 0. The quantitative estimate of drug-likeness (QED) is 0.809. The number of ether oxygens (including phenoxy) is 2. The summed E-state index contributed by atoms with van der Waals surface area (Å²) in [5.41, 5.74) is 0.948.